The molecule has 0 unspecified atom stereocenters. The molecule has 2 heterocycles. The monoisotopic (exact) mass is 192 g/mol. The molecule has 1 aliphatic rings. The van der Waals surface area contributed by atoms with Gasteiger partial charge in [0.15, 0.2) is 0 Å². The second-order valence-corrected chi connectivity index (χ2v) is 3.30. The van der Waals surface area contributed by atoms with Gasteiger partial charge in [-0.1, -0.05) is 0 Å². The molecule has 1 amide bonds. The highest BCUT2D eigenvalue weighted by molar-refractivity contribution is 5.94. The fraction of sp³-hybridized carbons (Fsp3) is 0.333. The van der Waals surface area contributed by atoms with Crippen molar-refractivity contribution in [3.05, 3.63) is 17.8 Å². The van der Waals surface area contributed by atoms with Gasteiger partial charge in [-0.15, -0.1) is 0 Å². The molecule has 0 aliphatic carbocycles. The number of carbonyl (C=O) groups excluding carboxylic acids is 1. The van der Waals surface area contributed by atoms with Crippen LogP contribution in [0.3, 0.4) is 0 Å². The van der Waals surface area contributed by atoms with Crippen molar-refractivity contribution in [3.8, 4) is 0 Å². The fourth-order valence-corrected chi connectivity index (χ4v) is 1.48. The molecule has 1 aliphatic heterocycles. The van der Waals surface area contributed by atoms with Crippen LogP contribution in [0.5, 0.6) is 0 Å². The Balaban J connectivity index is 2.45. The van der Waals surface area contributed by atoms with Gasteiger partial charge in [0, 0.05) is 26.3 Å². The van der Waals surface area contributed by atoms with E-state index in [0.717, 1.165) is 24.6 Å². The Labute approximate surface area is 81.9 Å². The molecule has 14 heavy (non-hydrogen) atoms. The summed E-state index contributed by atoms with van der Waals surface area (Å²) in [7, 11) is 1.96. The number of likely N-dealkylation sites (N-methyl/N-ethyl adjacent to an activating group) is 1. The average molecular weight is 192 g/mol. The van der Waals surface area contributed by atoms with Crippen LogP contribution in [0.25, 0.3) is 0 Å². The molecule has 0 atom stereocenters. The highest BCUT2D eigenvalue weighted by Crippen LogP contribution is 2.25. The number of anilines is 2. The van der Waals surface area contributed by atoms with Gasteiger partial charge in [0.1, 0.15) is 5.82 Å². The molecule has 0 spiro atoms. The number of aromatic nitrogens is 1. The quantitative estimate of drug-likeness (QED) is 0.659. The molecule has 0 saturated heterocycles. The van der Waals surface area contributed by atoms with E-state index in [-0.39, 0.29) is 0 Å². The van der Waals surface area contributed by atoms with Gasteiger partial charge in [0.05, 0.1) is 11.3 Å². The summed E-state index contributed by atoms with van der Waals surface area (Å²) in [6.45, 7) is 1.77. The lowest BCUT2D eigenvalue weighted by Crippen LogP contribution is -2.31. The third kappa shape index (κ3) is 1.37. The molecule has 0 bridgehead atoms. The summed E-state index contributed by atoms with van der Waals surface area (Å²) in [4.78, 5) is 17.1. The van der Waals surface area contributed by atoms with Gasteiger partial charge in [-0.3, -0.25) is 4.79 Å². The zero-order valence-corrected chi connectivity index (χ0v) is 7.95. The van der Waals surface area contributed by atoms with Crippen LogP contribution < -0.4 is 16.0 Å². The van der Waals surface area contributed by atoms with E-state index in [1.165, 1.54) is 6.20 Å². The first-order valence-electron chi connectivity index (χ1n) is 4.43. The van der Waals surface area contributed by atoms with Crippen LogP contribution in [0, 0.1) is 0 Å². The maximum absolute atomic E-state index is 10.9. The van der Waals surface area contributed by atoms with Crippen LogP contribution in [0.2, 0.25) is 0 Å². The number of amides is 1. The molecule has 0 saturated carbocycles. The topological polar surface area (TPSA) is 71.2 Å². The van der Waals surface area contributed by atoms with E-state index < -0.39 is 5.91 Å². The van der Waals surface area contributed by atoms with Gasteiger partial charge >= 0.3 is 0 Å². The molecule has 2 rings (SSSR count). The van der Waals surface area contributed by atoms with E-state index in [2.05, 4.69) is 10.3 Å². The molecular formula is C9H12N4O. The lowest BCUT2D eigenvalue weighted by Gasteiger charge is -2.27. The Hall–Kier alpha value is -1.78. The van der Waals surface area contributed by atoms with Crippen molar-refractivity contribution in [1.29, 1.82) is 0 Å². The van der Waals surface area contributed by atoms with Crippen molar-refractivity contribution in [1.82, 2.24) is 4.98 Å². The Bertz CT molecular complexity index is 377. The third-order valence-electron chi connectivity index (χ3n) is 2.30. The minimum Gasteiger partial charge on any atom is -0.370 e. The summed E-state index contributed by atoms with van der Waals surface area (Å²) >= 11 is 0. The summed E-state index contributed by atoms with van der Waals surface area (Å²) < 4.78 is 0. The number of pyridine rings is 1. The standard InChI is InChI=1S/C9H12N4O/c1-13-3-2-11-9-7(13)4-6(5-12-9)8(10)14/h4-5H,2-3H2,1H3,(H2,10,14)(H,11,12). The highest BCUT2D eigenvalue weighted by Gasteiger charge is 2.15. The number of hydrogen-bond acceptors (Lipinski definition) is 4. The molecule has 0 fully saturated rings. The highest BCUT2D eigenvalue weighted by atomic mass is 16.1. The lowest BCUT2D eigenvalue weighted by molar-refractivity contribution is 0.1000. The van der Waals surface area contributed by atoms with Crippen molar-refractivity contribution in [2.75, 3.05) is 30.4 Å². The molecule has 1 aromatic heterocycles. The number of carbonyl (C=O) groups is 1. The van der Waals surface area contributed by atoms with Crippen LogP contribution in [0.15, 0.2) is 12.3 Å². The molecule has 3 N–H and O–H groups in total. The van der Waals surface area contributed by atoms with Crippen molar-refractivity contribution in [2.24, 2.45) is 5.73 Å². The second kappa shape index (κ2) is 3.17. The van der Waals surface area contributed by atoms with Crippen LogP contribution in [-0.2, 0) is 0 Å². The van der Waals surface area contributed by atoms with Gasteiger partial charge in [-0.25, -0.2) is 4.98 Å². The molecule has 1 aromatic rings. The third-order valence-corrected chi connectivity index (χ3v) is 2.30. The number of nitrogens with two attached hydrogens (primary N) is 1. The number of nitrogens with zero attached hydrogens (tertiary/aromatic N) is 2. The first-order valence-corrected chi connectivity index (χ1v) is 4.43. The number of nitrogens with one attached hydrogen (secondary N) is 1. The van der Waals surface area contributed by atoms with Gasteiger partial charge in [0.2, 0.25) is 5.91 Å². The average Bonchev–Trinajstić information content (AvgIpc) is 2.18. The largest absolute Gasteiger partial charge is 0.370 e. The normalized spacial score (nSPS) is 14.5. The molecule has 74 valence electrons. The first-order chi connectivity index (χ1) is 6.68. The molecule has 5 heteroatoms. The summed E-state index contributed by atoms with van der Waals surface area (Å²) in [6.07, 6.45) is 1.49. The van der Waals surface area contributed by atoms with E-state index >= 15 is 0 Å². The van der Waals surface area contributed by atoms with Crippen molar-refractivity contribution in [2.45, 2.75) is 0 Å². The maximum atomic E-state index is 10.9. The van der Waals surface area contributed by atoms with Gasteiger partial charge < -0.3 is 16.0 Å². The Kier molecular flexibility index (Phi) is 1.99. The van der Waals surface area contributed by atoms with Crippen molar-refractivity contribution < 1.29 is 4.79 Å². The molecule has 5 nitrogen and oxygen atoms in total. The summed E-state index contributed by atoms with van der Waals surface area (Å²) in [5.41, 5.74) is 6.54. The van der Waals surface area contributed by atoms with Gasteiger partial charge in [0.25, 0.3) is 0 Å². The van der Waals surface area contributed by atoms with Crippen LogP contribution in [-0.4, -0.2) is 31.0 Å². The summed E-state index contributed by atoms with van der Waals surface area (Å²) in [5.74, 6) is 0.364. The predicted molar refractivity (Wildman–Crippen MR) is 54.5 cm³/mol. The predicted octanol–water partition coefficient (Wildman–Crippen LogP) is 0.0422. The second-order valence-electron chi connectivity index (χ2n) is 3.30. The maximum Gasteiger partial charge on any atom is 0.250 e. The molecular weight excluding hydrogens is 180 g/mol. The number of rotatable bonds is 1. The zero-order chi connectivity index (χ0) is 10.1. The smallest absolute Gasteiger partial charge is 0.250 e. The van der Waals surface area contributed by atoms with Crippen molar-refractivity contribution >= 4 is 17.4 Å². The Morgan fingerprint density at radius 2 is 2.50 bits per heavy atom. The van der Waals surface area contributed by atoms with E-state index in [1.807, 2.05) is 11.9 Å². The first kappa shape index (κ1) is 8.80. The van der Waals surface area contributed by atoms with Gasteiger partial charge in [-0.05, 0) is 6.07 Å². The number of fused-ring (bicyclic) bond motifs is 1. The minimum atomic E-state index is -0.445. The Morgan fingerprint density at radius 1 is 1.71 bits per heavy atom. The Morgan fingerprint density at radius 3 is 3.21 bits per heavy atom. The van der Waals surface area contributed by atoms with E-state index in [0.29, 0.717) is 5.56 Å². The summed E-state index contributed by atoms with van der Waals surface area (Å²) in [6, 6.07) is 1.76. The van der Waals surface area contributed by atoms with Crippen LogP contribution in [0.1, 0.15) is 10.4 Å². The number of hydrogen-bond donors (Lipinski definition) is 2. The molecule has 0 radical (unpaired) electrons. The van der Waals surface area contributed by atoms with Crippen LogP contribution in [0.4, 0.5) is 11.5 Å². The van der Waals surface area contributed by atoms with E-state index in [1.54, 1.807) is 6.07 Å². The minimum absolute atomic E-state index is 0.444. The van der Waals surface area contributed by atoms with E-state index in [9.17, 15) is 4.79 Å². The fourth-order valence-electron chi connectivity index (χ4n) is 1.48. The SMILES string of the molecule is CN1CCNc2ncc(C(N)=O)cc21. The van der Waals surface area contributed by atoms with E-state index in [4.69, 9.17) is 5.73 Å². The summed E-state index contributed by atoms with van der Waals surface area (Å²) in [5, 5.41) is 3.15. The zero-order valence-electron chi connectivity index (χ0n) is 7.95. The van der Waals surface area contributed by atoms with Crippen molar-refractivity contribution in [3.63, 3.8) is 0 Å². The lowest BCUT2D eigenvalue weighted by atomic mass is 10.2. The number of primary amides is 1. The molecule has 0 aromatic carbocycles. The van der Waals surface area contributed by atoms with Crippen LogP contribution >= 0.6 is 0 Å². The van der Waals surface area contributed by atoms with Gasteiger partial charge in [-0.2, -0.15) is 0 Å².